The fourth-order valence-electron chi connectivity index (χ4n) is 1.09. The molecule has 110 valence electrons. The minimum absolute atomic E-state index is 0.139. The fourth-order valence-corrected chi connectivity index (χ4v) is 1.41. The molecule has 19 heavy (non-hydrogen) atoms. The normalized spacial score (nSPS) is 15.1. The largest absolute Gasteiger partial charge is 0.481 e. The van der Waals surface area contributed by atoms with Crippen LogP contribution in [0.15, 0.2) is 0 Å². The van der Waals surface area contributed by atoms with E-state index in [2.05, 4.69) is 10.6 Å². The van der Waals surface area contributed by atoms with Crippen LogP contribution in [-0.4, -0.2) is 56.5 Å². The van der Waals surface area contributed by atoms with E-state index < -0.39 is 34.8 Å². The highest BCUT2D eigenvalue weighted by molar-refractivity contribution is 7.84. The number of rotatable bonds is 8. The van der Waals surface area contributed by atoms with E-state index in [1.807, 2.05) is 0 Å². The second-order valence-electron chi connectivity index (χ2n) is 3.99. The Balaban J connectivity index is 4.20. The van der Waals surface area contributed by atoms with Gasteiger partial charge in [-0.1, -0.05) is 0 Å². The number of hydrogen-bond acceptors (Lipinski definition) is 4. The SMILES string of the molecule is CC(CNC(=O)NC(CCC(=O)O)C(=O)O)S(C)=O. The van der Waals surface area contributed by atoms with Crippen molar-refractivity contribution in [1.29, 1.82) is 0 Å². The summed E-state index contributed by atoms with van der Waals surface area (Å²) in [7, 11) is -1.09. The quantitative estimate of drug-likeness (QED) is 0.471. The van der Waals surface area contributed by atoms with E-state index in [-0.39, 0.29) is 24.6 Å². The van der Waals surface area contributed by atoms with Crippen LogP contribution in [0.4, 0.5) is 4.79 Å². The van der Waals surface area contributed by atoms with E-state index in [0.717, 1.165) is 0 Å². The molecule has 0 rings (SSSR count). The van der Waals surface area contributed by atoms with Crippen LogP contribution in [-0.2, 0) is 20.4 Å². The van der Waals surface area contributed by atoms with Crippen LogP contribution in [0.5, 0.6) is 0 Å². The number of carboxylic acid groups (broad SMARTS) is 2. The van der Waals surface area contributed by atoms with E-state index >= 15 is 0 Å². The molecule has 2 amide bonds. The van der Waals surface area contributed by atoms with Gasteiger partial charge in [0.15, 0.2) is 0 Å². The molecule has 0 aliphatic carbocycles. The van der Waals surface area contributed by atoms with Gasteiger partial charge in [0.1, 0.15) is 6.04 Å². The zero-order valence-electron chi connectivity index (χ0n) is 10.7. The van der Waals surface area contributed by atoms with Crippen LogP contribution in [0.1, 0.15) is 19.8 Å². The summed E-state index contributed by atoms with van der Waals surface area (Å²) < 4.78 is 11.0. The Morgan fingerprint density at radius 2 is 1.84 bits per heavy atom. The van der Waals surface area contributed by atoms with Crippen LogP contribution in [0.3, 0.4) is 0 Å². The van der Waals surface area contributed by atoms with Crippen molar-refractivity contribution in [2.24, 2.45) is 0 Å². The third-order valence-corrected chi connectivity index (χ3v) is 3.67. The summed E-state index contributed by atoms with van der Waals surface area (Å²) in [5, 5.41) is 21.6. The molecule has 0 fully saturated rings. The minimum atomic E-state index is -1.30. The fraction of sp³-hybridized carbons (Fsp3) is 0.700. The Hall–Kier alpha value is -1.64. The zero-order chi connectivity index (χ0) is 15.0. The van der Waals surface area contributed by atoms with Crippen molar-refractivity contribution < 1.29 is 28.8 Å². The monoisotopic (exact) mass is 294 g/mol. The first kappa shape index (κ1) is 17.4. The molecule has 0 aromatic heterocycles. The average molecular weight is 294 g/mol. The Morgan fingerprint density at radius 1 is 1.26 bits per heavy atom. The molecule has 0 heterocycles. The molecule has 3 unspecified atom stereocenters. The van der Waals surface area contributed by atoms with Crippen LogP contribution in [0.2, 0.25) is 0 Å². The summed E-state index contributed by atoms with van der Waals surface area (Å²) in [6.45, 7) is 1.82. The number of carboxylic acids is 2. The summed E-state index contributed by atoms with van der Waals surface area (Å²) in [4.78, 5) is 32.6. The molecule has 0 aliphatic heterocycles. The highest BCUT2D eigenvalue weighted by Gasteiger charge is 2.21. The molecule has 0 aromatic carbocycles. The Kier molecular flexibility index (Phi) is 7.73. The molecule has 9 heteroatoms. The van der Waals surface area contributed by atoms with Crippen molar-refractivity contribution in [2.75, 3.05) is 12.8 Å². The van der Waals surface area contributed by atoms with Gasteiger partial charge in [-0.25, -0.2) is 9.59 Å². The lowest BCUT2D eigenvalue weighted by molar-refractivity contribution is -0.140. The second-order valence-corrected chi connectivity index (χ2v) is 5.79. The van der Waals surface area contributed by atoms with Gasteiger partial charge >= 0.3 is 18.0 Å². The lowest BCUT2D eigenvalue weighted by Crippen LogP contribution is -2.47. The minimum Gasteiger partial charge on any atom is -0.481 e. The van der Waals surface area contributed by atoms with E-state index in [4.69, 9.17) is 10.2 Å². The summed E-state index contributed by atoms with van der Waals surface area (Å²) in [6.07, 6.45) is 0.942. The number of urea groups is 1. The molecule has 0 saturated carbocycles. The van der Waals surface area contributed by atoms with Gasteiger partial charge in [-0.15, -0.1) is 0 Å². The number of aliphatic carboxylic acids is 2. The van der Waals surface area contributed by atoms with E-state index in [1.54, 1.807) is 6.92 Å². The third kappa shape index (κ3) is 8.14. The molecule has 0 bridgehead atoms. The lowest BCUT2D eigenvalue weighted by atomic mass is 10.1. The van der Waals surface area contributed by atoms with Crippen molar-refractivity contribution >= 4 is 28.8 Å². The molecule has 3 atom stereocenters. The van der Waals surface area contributed by atoms with Crippen molar-refractivity contribution in [3.63, 3.8) is 0 Å². The van der Waals surface area contributed by atoms with Crippen molar-refractivity contribution in [3.8, 4) is 0 Å². The summed E-state index contributed by atoms with van der Waals surface area (Å²) in [6, 6.07) is -1.99. The first-order chi connectivity index (χ1) is 8.73. The molecule has 4 N–H and O–H groups in total. The summed E-state index contributed by atoms with van der Waals surface area (Å²) >= 11 is 0. The molecule has 8 nitrogen and oxygen atoms in total. The van der Waals surface area contributed by atoms with Crippen molar-refractivity contribution in [2.45, 2.75) is 31.1 Å². The van der Waals surface area contributed by atoms with E-state index in [1.165, 1.54) is 6.26 Å². The predicted molar refractivity (Wildman–Crippen MR) is 68.4 cm³/mol. The van der Waals surface area contributed by atoms with E-state index in [9.17, 15) is 18.6 Å². The first-order valence-electron chi connectivity index (χ1n) is 5.55. The van der Waals surface area contributed by atoms with Gasteiger partial charge in [-0.05, 0) is 13.3 Å². The van der Waals surface area contributed by atoms with Crippen LogP contribution < -0.4 is 10.6 Å². The van der Waals surface area contributed by atoms with E-state index in [0.29, 0.717) is 0 Å². The second kappa shape index (κ2) is 8.46. The molecule has 0 aromatic rings. The van der Waals surface area contributed by atoms with Gasteiger partial charge in [-0.3, -0.25) is 9.00 Å². The van der Waals surface area contributed by atoms with Gasteiger partial charge in [0, 0.05) is 35.3 Å². The highest BCUT2D eigenvalue weighted by atomic mass is 32.2. The zero-order valence-corrected chi connectivity index (χ0v) is 11.5. The summed E-state index contributed by atoms with van der Waals surface area (Å²) in [5.41, 5.74) is 0. The Labute approximate surface area is 113 Å². The molecule has 0 aliphatic rings. The topological polar surface area (TPSA) is 133 Å². The standard InChI is InChI=1S/C10H18N2O6S/c1-6(19(2)18)5-11-10(17)12-7(9(15)16)3-4-8(13)14/h6-7H,3-5H2,1-2H3,(H,13,14)(H,15,16)(H2,11,12,17). The van der Waals surface area contributed by atoms with Crippen LogP contribution >= 0.6 is 0 Å². The smallest absolute Gasteiger partial charge is 0.326 e. The Bertz CT molecular complexity index is 373. The number of hydrogen-bond donors (Lipinski definition) is 4. The predicted octanol–water partition coefficient (Wildman–Crippen LogP) is -0.629. The molecular weight excluding hydrogens is 276 g/mol. The van der Waals surface area contributed by atoms with Crippen molar-refractivity contribution in [1.82, 2.24) is 10.6 Å². The number of carbonyl (C=O) groups excluding carboxylic acids is 1. The first-order valence-corrected chi connectivity index (χ1v) is 7.17. The molecule has 0 spiro atoms. The maximum atomic E-state index is 11.4. The summed E-state index contributed by atoms with van der Waals surface area (Å²) in [5.74, 6) is -2.44. The van der Waals surface area contributed by atoms with Gasteiger partial charge in [0.2, 0.25) is 0 Å². The van der Waals surface area contributed by atoms with Crippen LogP contribution in [0.25, 0.3) is 0 Å². The van der Waals surface area contributed by atoms with Crippen LogP contribution in [0, 0.1) is 0 Å². The average Bonchev–Trinajstić information content (AvgIpc) is 2.30. The maximum absolute atomic E-state index is 11.4. The third-order valence-electron chi connectivity index (χ3n) is 2.37. The van der Waals surface area contributed by atoms with Crippen molar-refractivity contribution in [3.05, 3.63) is 0 Å². The lowest BCUT2D eigenvalue weighted by Gasteiger charge is -2.15. The Morgan fingerprint density at radius 3 is 2.26 bits per heavy atom. The number of nitrogens with one attached hydrogen (secondary N) is 2. The number of carbonyl (C=O) groups is 3. The number of amides is 2. The molecular formula is C10H18N2O6S. The molecule has 0 saturated heterocycles. The van der Waals surface area contributed by atoms with Gasteiger partial charge in [0.25, 0.3) is 0 Å². The van der Waals surface area contributed by atoms with Gasteiger partial charge in [-0.2, -0.15) is 0 Å². The maximum Gasteiger partial charge on any atom is 0.326 e. The highest BCUT2D eigenvalue weighted by Crippen LogP contribution is 1.98. The van der Waals surface area contributed by atoms with Gasteiger partial charge in [0.05, 0.1) is 0 Å². The van der Waals surface area contributed by atoms with Gasteiger partial charge < -0.3 is 20.8 Å². The molecule has 0 radical (unpaired) electrons.